The molecular formula is C24H33N5O7S. The van der Waals surface area contributed by atoms with E-state index >= 15 is 0 Å². The number of fused-ring (bicyclic) bond motifs is 1. The Kier molecular flexibility index (Phi) is 10.9. The molecule has 0 bridgehead atoms. The number of carboxylic acid groups (broad SMARTS) is 2. The maximum Gasteiger partial charge on any atom is 0.327 e. The number of amides is 3. The third-order valence-corrected chi connectivity index (χ3v) is 6.42. The molecule has 8 N–H and O–H groups in total. The molecule has 3 amide bonds. The topological polar surface area (TPSA) is 204 Å². The van der Waals surface area contributed by atoms with Crippen LogP contribution >= 0.6 is 12.6 Å². The quantitative estimate of drug-likeness (QED) is 0.155. The number of carbonyl (C=O) groups is 5. The predicted molar refractivity (Wildman–Crippen MR) is 139 cm³/mol. The molecule has 0 saturated heterocycles. The molecule has 0 radical (unpaired) electrons. The molecule has 1 aromatic carbocycles. The van der Waals surface area contributed by atoms with Crippen molar-refractivity contribution in [3.8, 4) is 0 Å². The molecule has 5 unspecified atom stereocenters. The van der Waals surface area contributed by atoms with E-state index in [1.165, 1.54) is 0 Å². The molecule has 0 fully saturated rings. The molecule has 0 aliphatic heterocycles. The number of hydrogen-bond acceptors (Lipinski definition) is 7. The summed E-state index contributed by atoms with van der Waals surface area (Å²) in [6.45, 7) is 3.53. The average molecular weight is 536 g/mol. The van der Waals surface area contributed by atoms with Gasteiger partial charge in [0.25, 0.3) is 0 Å². The summed E-state index contributed by atoms with van der Waals surface area (Å²) >= 11 is 3.95. The van der Waals surface area contributed by atoms with Gasteiger partial charge in [0, 0.05) is 29.3 Å². The van der Waals surface area contributed by atoms with E-state index in [1.807, 2.05) is 24.3 Å². The van der Waals surface area contributed by atoms with E-state index < -0.39 is 60.2 Å². The van der Waals surface area contributed by atoms with Crippen molar-refractivity contribution in [1.29, 1.82) is 0 Å². The highest BCUT2D eigenvalue weighted by molar-refractivity contribution is 7.80. The summed E-state index contributed by atoms with van der Waals surface area (Å²) in [7, 11) is 0. The number of aromatic nitrogens is 1. The molecular weight excluding hydrogens is 502 g/mol. The van der Waals surface area contributed by atoms with Crippen molar-refractivity contribution in [2.24, 2.45) is 11.7 Å². The zero-order valence-corrected chi connectivity index (χ0v) is 21.5. The van der Waals surface area contributed by atoms with Gasteiger partial charge in [-0.3, -0.25) is 19.2 Å². The molecule has 202 valence electrons. The monoisotopic (exact) mass is 535 g/mol. The van der Waals surface area contributed by atoms with Crippen LogP contribution in [0.15, 0.2) is 30.5 Å². The van der Waals surface area contributed by atoms with Gasteiger partial charge < -0.3 is 36.9 Å². The number of aliphatic carboxylic acids is 2. The number of hydrogen-bond donors (Lipinski definition) is 8. The van der Waals surface area contributed by atoms with Gasteiger partial charge in [-0.2, -0.15) is 12.6 Å². The molecule has 2 aromatic rings. The van der Waals surface area contributed by atoms with Gasteiger partial charge in [-0.05, 0) is 17.5 Å². The highest BCUT2D eigenvalue weighted by atomic mass is 32.1. The second-order valence-electron chi connectivity index (χ2n) is 8.78. The van der Waals surface area contributed by atoms with Gasteiger partial charge >= 0.3 is 11.9 Å². The van der Waals surface area contributed by atoms with Gasteiger partial charge in [0.15, 0.2) is 0 Å². The van der Waals surface area contributed by atoms with Gasteiger partial charge in [0.05, 0.1) is 12.5 Å². The molecule has 5 atom stereocenters. The van der Waals surface area contributed by atoms with E-state index in [9.17, 15) is 29.1 Å². The minimum Gasteiger partial charge on any atom is -0.481 e. The maximum absolute atomic E-state index is 13.4. The summed E-state index contributed by atoms with van der Waals surface area (Å²) < 4.78 is 0. The van der Waals surface area contributed by atoms with Crippen LogP contribution in [0.1, 0.15) is 32.3 Å². The fourth-order valence-electron chi connectivity index (χ4n) is 3.69. The third kappa shape index (κ3) is 8.22. The second-order valence-corrected chi connectivity index (χ2v) is 9.15. The predicted octanol–water partition coefficient (Wildman–Crippen LogP) is 0.0273. The summed E-state index contributed by atoms with van der Waals surface area (Å²) in [4.78, 5) is 64.4. The van der Waals surface area contributed by atoms with E-state index in [4.69, 9.17) is 10.8 Å². The van der Waals surface area contributed by atoms with Gasteiger partial charge in [-0.15, -0.1) is 0 Å². The first-order valence-corrected chi connectivity index (χ1v) is 12.4. The van der Waals surface area contributed by atoms with Gasteiger partial charge in [0.1, 0.15) is 18.1 Å². The van der Waals surface area contributed by atoms with Crippen molar-refractivity contribution >= 4 is 53.2 Å². The summed E-state index contributed by atoms with van der Waals surface area (Å²) in [6, 6.07) is 2.39. The van der Waals surface area contributed by atoms with Crippen molar-refractivity contribution in [3.63, 3.8) is 0 Å². The van der Waals surface area contributed by atoms with Gasteiger partial charge in [-0.1, -0.05) is 38.5 Å². The van der Waals surface area contributed by atoms with E-state index in [1.54, 1.807) is 20.0 Å². The number of nitrogens with one attached hydrogen (secondary N) is 4. The Morgan fingerprint density at radius 3 is 2.24 bits per heavy atom. The summed E-state index contributed by atoms with van der Waals surface area (Å²) in [6.07, 6.45) is 1.56. The first-order valence-electron chi connectivity index (χ1n) is 11.8. The molecule has 1 heterocycles. The largest absolute Gasteiger partial charge is 0.481 e. The zero-order chi connectivity index (χ0) is 27.7. The Hall–Kier alpha value is -3.58. The van der Waals surface area contributed by atoms with E-state index in [2.05, 4.69) is 33.6 Å². The second kappa shape index (κ2) is 13.7. The maximum atomic E-state index is 13.4. The standard InChI is InChI=1S/C24H33N5O7S/c1-3-12(2)20(23(34)28-18(11-37)24(35)36)29-22(33)17(27-21(32)15(25)9-19(30)31)8-13-10-26-16-7-5-4-6-14(13)16/h4-7,10,12,15,17-18,20,26,37H,3,8-9,11,25H2,1-2H3,(H,27,32)(H,28,34)(H,29,33)(H,30,31)(H,35,36). The molecule has 12 nitrogen and oxygen atoms in total. The number of nitrogens with two attached hydrogens (primary N) is 1. The van der Waals surface area contributed by atoms with Crippen molar-refractivity contribution in [2.75, 3.05) is 5.75 Å². The number of H-pyrrole nitrogens is 1. The molecule has 0 spiro atoms. The first-order chi connectivity index (χ1) is 17.5. The van der Waals surface area contributed by atoms with Crippen molar-refractivity contribution in [1.82, 2.24) is 20.9 Å². The minimum absolute atomic E-state index is 0.0185. The van der Waals surface area contributed by atoms with Crippen molar-refractivity contribution in [2.45, 2.75) is 57.3 Å². The molecule has 0 aliphatic carbocycles. The van der Waals surface area contributed by atoms with E-state index in [0.29, 0.717) is 12.0 Å². The smallest absolute Gasteiger partial charge is 0.327 e. The SMILES string of the molecule is CCC(C)C(NC(=O)C(Cc1c[nH]c2ccccc12)NC(=O)C(N)CC(=O)O)C(=O)NC(CS)C(=O)O. The molecule has 37 heavy (non-hydrogen) atoms. The average Bonchev–Trinajstić information content (AvgIpc) is 3.26. The van der Waals surface area contributed by atoms with Crippen LogP contribution in [0.25, 0.3) is 10.9 Å². The summed E-state index contributed by atoms with van der Waals surface area (Å²) in [5.41, 5.74) is 7.21. The highest BCUT2D eigenvalue weighted by Crippen LogP contribution is 2.19. The third-order valence-electron chi connectivity index (χ3n) is 6.05. The molecule has 13 heteroatoms. The van der Waals surface area contributed by atoms with E-state index in [-0.39, 0.29) is 18.1 Å². The number of benzene rings is 1. The lowest BCUT2D eigenvalue weighted by Gasteiger charge is -2.28. The van der Waals surface area contributed by atoms with Gasteiger partial charge in [0.2, 0.25) is 17.7 Å². The van der Waals surface area contributed by atoms with Crippen LogP contribution in [0.2, 0.25) is 0 Å². The summed E-state index contributed by atoms with van der Waals surface area (Å²) in [5, 5.41) is 26.5. The normalized spacial score (nSPS) is 15.1. The van der Waals surface area contributed by atoms with Crippen LogP contribution in [0, 0.1) is 5.92 Å². The van der Waals surface area contributed by atoms with Crippen LogP contribution in [-0.2, 0) is 30.4 Å². The Labute approximate surface area is 219 Å². The number of rotatable bonds is 14. The van der Waals surface area contributed by atoms with Crippen LogP contribution in [0.5, 0.6) is 0 Å². The number of carbonyl (C=O) groups excluding carboxylic acids is 3. The minimum atomic E-state index is -1.39. The number of carboxylic acids is 2. The Balaban J connectivity index is 2.32. The van der Waals surface area contributed by atoms with Crippen LogP contribution < -0.4 is 21.7 Å². The fourth-order valence-corrected chi connectivity index (χ4v) is 3.94. The van der Waals surface area contributed by atoms with Crippen LogP contribution in [0.3, 0.4) is 0 Å². The van der Waals surface area contributed by atoms with E-state index in [0.717, 1.165) is 10.9 Å². The lowest BCUT2D eigenvalue weighted by molar-refractivity contribution is -0.142. The lowest BCUT2D eigenvalue weighted by Crippen LogP contribution is -2.59. The lowest BCUT2D eigenvalue weighted by atomic mass is 9.96. The molecule has 0 saturated carbocycles. The van der Waals surface area contributed by atoms with Crippen molar-refractivity contribution in [3.05, 3.63) is 36.0 Å². The first kappa shape index (κ1) is 29.6. The number of thiol groups is 1. The van der Waals surface area contributed by atoms with Crippen LogP contribution in [-0.4, -0.2) is 74.8 Å². The van der Waals surface area contributed by atoms with Gasteiger partial charge in [-0.25, -0.2) is 4.79 Å². The Morgan fingerprint density at radius 2 is 1.65 bits per heavy atom. The highest BCUT2D eigenvalue weighted by Gasteiger charge is 2.33. The van der Waals surface area contributed by atoms with Crippen LogP contribution in [0.4, 0.5) is 0 Å². The summed E-state index contributed by atoms with van der Waals surface area (Å²) in [5.74, 6) is -5.32. The number of aromatic amines is 1. The zero-order valence-electron chi connectivity index (χ0n) is 20.6. The Morgan fingerprint density at radius 1 is 1.00 bits per heavy atom. The molecule has 1 aromatic heterocycles. The fraction of sp³-hybridized carbons (Fsp3) is 0.458. The molecule has 2 rings (SSSR count). The number of para-hydroxylation sites is 1. The Bertz CT molecular complexity index is 1140. The molecule has 0 aliphatic rings. The van der Waals surface area contributed by atoms with Crippen molar-refractivity contribution < 1.29 is 34.2 Å².